The molecule has 0 atom stereocenters. The van der Waals surface area contributed by atoms with Gasteiger partial charge in [0.1, 0.15) is 0 Å². The normalized spacial score (nSPS) is 15.0. The van der Waals surface area contributed by atoms with E-state index in [1.54, 1.807) is 0 Å². The largest absolute Gasteiger partial charge is 0.349 e. The average Bonchev–Trinajstić information content (AvgIpc) is 3.40. The number of benzene rings is 1. The molecule has 2 amide bonds. The van der Waals surface area contributed by atoms with Crippen LogP contribution in [0, 0.1) is 13.8 Å². The van der Waals surface area contributed by atoms with Gasteiger partial charge in [-0.05, 0) is 50.3 Å². The number of aromatic nitrogens is 2. The standard InChI is InChI=1S/C23H27N5O2S/c1-16-22(17(2)28(26-16)20-6-4-3-5-7-20)25-21(29)14-27-11-8-19(9-12-27)24-23(30)18-10-13-31-15-18/h3-7,10,13,15,19H,8-9,11-12,14H2,1-2H3,(H,24,30)(H,25,29). The number of nitrogens with one attached hydrogen (secondary N) is 2. The molecular weight excluding hydrogens is 410 g/mol. The van der Waals surface area contributed by atoms with Crippen LogP contribution in [0.2, 0.25) is 0 Å². The number of carbonyl (C=O) groups excluding carboxylic acids is 2. The average molecular weight is 438 g/mol. The number of hydrogen-bond acceptors (Lipinski definition) is 5. The summed E-state index contributed by atoms with van der Waals surface area (Å²) < 4.78 is 1.85. The summed E-state index contributed by atoms with van der Waals surface area (Å²) in [6.45, 7) is 5.76. The number of likely N-dealkylation sites (tertiary alicyclic amines) is 1. The van der Waals surface area contributed by atoms with Gasteiger partial charge in [-0.1, -0.05) is 18.2 Å². The lowest BCUT2D eigenvalue weighted by atomic mass is 10.0. The van der Waals surface area contributed by atoms with Crippen LogP contribution in [0.25, 0.3) is 5.69 Å². The van der Waals surface area contributed by atoms with E-state index in [-0.39, 0.29) is 17.9 Å². The molecule has 2 aromatic heterocycles. The second kappa shape index (κ2) is 9.45. The van der Waals surface area contributed by atoms with Crippen molar-refractivity contribution in [3.05, 3.63) is 64.1 Å². The Kier molecular flexibility index (Phi) is 6.48. The Morgan fingerprint density at radius 2 is 1.87 bits per heavy atom. The molecule has 1 aromatic carbocycles. The van der Waals surface area contributed by atoms with Gasteiger partial charge in [-0.15, -0.1) is 0 Å². The zero-order chi connectivity index (χ0) is 21.8. The third kappa shape index (κ3) is 5.03. The minimum absolute atomic E-state index is 0.0150. The topological polar surface area (TPSA) is 79.3 Å². The Bertz CT molecular complexity index is 1040. The van der Waals surface area contributed by atoms with Crippen LogP contribution in [0.1, 0.15) is 34.6 Å². The van der Waals surface area contributed by atoms with Crippen LogP contribution in [0.4, 0.5) is 5.69 Å². The van der Waals surface area contributed by atoms with Gasteiger partial charge in [0.05, 0.1) is 29.3 Å². The predicted octanol–water partition coefficient (Wildman–Crippen LogP) is 3.38. The van der Waals surface area contributed by atoms with Crippen LogP contribution in [0.15, 0.2) is 47.2 Å². The van der Waals surface area contributed by atoms with Crippen molar-refractivity contribution < 1.29 is 9.59 Å². The van der Waals surface area contributed by atoms with Gasteiger partial charge < -0.3 is 10.6 Å². The minimum atomic E-state index is -0.0421. The molecule has 0 unspecified atom stereocenters. The highest BCUT2D eigenvalue weighted by atomic mass is 32.1. The summed E-state index contributed by atoms with van der Waals surface area (Å²) in [5.41, 5.74) is 4.16. The number of amides is 2. The van der Waals surface area contributed by atoms with Gasteiger partial charge in [0.15, 0.2) is 0 Å². The molecule has 3 heterocycles. The number of hydrogen-bond donors (Lipinski definition) is 2. The molecule has 1 aliphatic heterocycles. The number of para-hydroxylation sites is 1. The van der Waals surface area contributed by atoms with Gasteiger partial charge >= 0.3 is 0 Å². The Morgan fingerprint density at radius 1 is 1.13 bits per heavy atom. The molecule has 1 aliphatic rings. The third-order valence-corrected chi connectivity index (χ3v) is 6.31. The molecule has 2 N–H and O–H groups in total. The van der Waals surface area contributed by atoms with Crippen molar-refractivity contribution in [2.75, 3.05) is 25.0 Å². The van der Waals surface area contributed by atoms with Crippen LogP contribution < -0.4 is 10.6 Å². The summed E-state index contributed by atoms with van der Waals surface area (Å²) >= 11 is 1.52. The lowest BCUT2D eigenvalue weighted by molar-refractivity contribution is -0.117. The van der Waals surface area contributed by atoms with E-state index in [0.29, 0.717) is 12.1 Å². The first-order chi connectivity index (χ1) is 15.0. The van der Waals surface area contributed by atoms with Crippen molar-refractivity contribution >= 4 is 28.8 Å². The monoisotopic (exact) mass is 437 g/mol. The smallest absolute Gasteiger partial charge is 0.252 e. The lowest BCUT2D eigenvalue weighted by Gasteiger charge is -2.31. The van der Waals surface area contributed by atoms with Crippen LogP contribution in [-0.4, -0.2) is 52.2 Å². The fraction of sp³-hybridized carbons (Fsp3) is 0.348. The fourth-order valence-corrected chi connectivity index (χ4v) is 4.56. The minimum Gasteiger partial charge on any atom is -0.349 e. The molecule has 0 saturated carbocycles. The van der Waals surface area contributed by atoms with E-state index >= 15 is 0 Å². The first kappa shape index (κ1) is 21.3. The molecule has 1 saturated heterocycles. The van der Waals surface area contributed by atoms with Crippen LogP contribution >= 0.6 is 11.3 Å². The number of aryl methyl sites for hydroxylation is 1. The second-order valence-electron chi connectivity index (χ2n) is 7.88. The van der Waals surface area contributed by atoms with Crippen molar-refractivity contribution in [3.63, 3.8) is 0 Å². The quantitative estimate of drug-likeness (QED) is 0.620. The summed E-state index contributed by atoms with van der Waals surface area (Å²) in [7, 11) is 0. The molecule has 0 spiro atoms. The SMILES string of the molecule is Cc1nn(-c2ccccc2)c(C)c1NC(=O)CN1CCC(NC(=O)c2ccsc2)CC1. The molecule has 7 nitrogen and oxygen atoms in total. The predicted molar refractivity (Wildman–Crippen MR) is 123 cm³/mol. The van der Waals surface area contributed by atoms with Crippen LogP contribution in [-0.2, 0) is 4.79 Å². The van der Waals surface area contributed by atoms with Gasteiger partial charge in [-0.3, -0.25) is 14.5 Å². The Morgan fingerprint density at radius 3 is 2.55 bits per heavy atom. The van der Waals surface area contributed by atoms with Crippen LogP contribution in [0.3, 0.4) is 0 Å². The first-order valence-corrected chi connectivity index (χ1v) is 11.4. The zero-order valence-corrected chi connectivity index (χ0v) is 18.6. The molecule has 0 aliphatic carbocycles. The van der Waals surface area contributed by atoms with Gasteiger partial charge in [-0.25, -0.2) is 4.68 Å². The number of thiophene rings is 1. The molecule has 162 valence electrons. The summed E-state index contributed by atoms with van der Waals surface area (Å²) in [4.78, 5) is 27.0. The van der Waals surface area contributed by atoms with Crippen molar-refractivity contribution in [2.24, 2.45) is 0 Å². The number of rotatable bonds is 6. The Hall–Kier alpha value is -2.97. The molecule has 0 bridgehead atoms. The van der Waals surface area contributed by atoms with E-state index in [1.807, 2.05) is 65.7 Å². The summed E-state index contributed by atoms with van der Waals surface area (Å²) in [5.74, 6) is -0.0570. The van der Waals surface area contributed by atoms with E-state index in [4.69, 9.17) is 0 Å². The molecule has 3 aromatic rings. The fourth-order valence-electron chi connectivity index (χ4n) is 3.92. The highest BCUT2D eigenvalue weighted by molar-refractivity contribution is 7.08. The molecule has 31 heavy (non-hydrogen) atoms. The number of nitrogens with zero attached hydrogens (tertiary/aromatic N) is 3. The maximum absolute atomic E-state index is 12.7. The number of anilines is 1. The van der Waals surface area contributed by atoms with E-state index in [1.165, 1.54) is 11.3 Å². The van der Waals surface area contributed by atoms with Gasteiger partial charge in [0.25, 0.3) is 5.91 Å². The van der Waals surface area contributed by atoms with Gasteiger partial charge in [0, 0.05) is 30.1 Å². The third-order valence-electron chi connectivity index (χ3n) is 5.63. The maximum atomic E-state index is 12.7. The number of piperidine rings is 1. The highest BCUT2D eigenvalue weighted by Gasteiger charge is 2.23. The summed E-state index contributed by atoms with van der Waals surface area (Å²) in [6.07, 6.45) is 1.68. The summed E-state index contributed by atoms with van der Waals surface area (Å²) in [6, 6.07) is 11.9. The van der Waals surface area contributed by atoms with Crippen molar-refractivity contribution in [3.8, 4) is 5.69 Å². The molecular formula is C23H27N5O2S. The van der Waals surface area contributed by atoms with E-state index in [2.05, 4.69) is 20.6 Å². The number of carbonyl (C=O) groups is 2. The highest BCUT2D eigenvalue weighted by Crippen LogP contribution is 2.23. The van der Waals surface area contributed by atoms with Gasteiger partial charge in [-0.2, -0.15) is 16.4 Å². The maximum Gasteiger partial charge on any atom is 0.252 e. The van der Waals surface area contributed by atoms with E-state index < -0.39 is 0 Å². The van der Waals surface area contributed by atoms with Crippen LogP contribution in [0.5, 0.6) is 0 Å². The molecule has 8 heteroatoms. The summed E-state index contributed by atoms with van der Waals surface area (Å²) in [5, 5.41) is 14.5. The molecule has 4 rings (SSSR count). The Balaban J connectivity index is 1.29. The van der Waals surface area contributed by atoms with Crippen molar-refractivity contribution in [1.29, 1.82) is 0 Å². The molecule has 1 fully saturated rings. The second-order valence-corrected chi connectivity index (χ2v) is 8.66. The lowest BCUT2D eigenvalue weighted by Crippen LogP contribution is -2.46. The van der Waals surface area contributed by atoms with E-state index in [9.17, 15) is 9.59 Å². The van der Waals surface area contributed by atoms with Gasteiger partial charge in [0.2, 0.25) is 5.91 Å². The molecule has 0 radical (unpaired) electrons. The van der Waals surface area contributed by atoms with E-state index in [0.717, 1.165) is 48.7 Å². The van der Waals surface area contributed by atoms with Crippen molar-refractivity contribution in [1.82, 2.24) is 20.0 Å². The zero-order valence-electron chi connectivity index (χ0n) is 17.8. The Labute approximate surface area is 186 Å². The first-order valence-electron chi connectivity index (χ1n) is 10.5. The van der Waals surface area contributed by atoms with Crippen molar-refractivity contribution in [2.45, 2.75) is 32.7 Å².